The van der Waals surface area contributed by atoms with E-state index >= 15 is 0 Å². The van der Waals surface area contributed by atoms with Gasteiger partial charge in [0, 0.05) is 16.6 Å². The van der Waals surface area contributed by atoms with Crippen LogP contribution in [0.15, 0.2) is 22.7 Å². The van der Waals surface area contributed by atoms with E-state index in [0.29, 0.717) is 12.7 Å². The average molecular weight is 341 g/mol. The molecule has 20 heavy (non-hydrogen) atoms. The lowest BCUT2D eigenvalue weighted by atomic mass is 9.84. The Balaban J connectivity index is 1.78. The van der Waals surface area contributed by atoms with E-state index in [-0.39, 0.29) is 0 Å². The summed E-state index contributed by atoms with van der Waals surface area (Å²) in [7, 11) is 0. The molecule has 1 aliphatic carbocycles. The maximum absolute atomic E-state index is 8.83. The summed E-state index contributed by atoms with van der Waals surface area (Å²) in [6.07, 6.45) is 8.61. The first kappa shape index (κ1) is 15.8. The van der Waals surface area contributed by atoms with Crippen molar-refractivity contribution in [2.75, 3.05) is 6.61 Å². The molecule has 0 bridgehead atoms. The number of aliphatic hydroxyl groups is 1. The van der Waals surface area contributed by atoms with Crippen molar-refractivity contribution in [2.45, 2.75) is 58.0 Å². The lowest BCUT2D eigenvalue weighted by molar-refractivity contribution is 0.126. The van der Waals surface area contributed by atoms with Crippen molar-refractivity contribution in [1.29, 1.82) is 0 Å². The molecular formula is C17H25BrO2. The maximum Gasteiger partial charge on any atom is 0.123 e. The Bertz CT molecular complexity index is 411. The van der Waals surface area contributed by atoms with Gasteiger partial charge in [-0.2, -0.15) is 0 Å². The number of benzene rings is 1. The Morgan fingerprint density at radius 3 is 2.65 bits per heavy atom. The van der Waals surface area contributed by atoms with E-state index < -0.39 is 0 Å². The molecule has 1 saturated carbocycles. The summed E-state index contributed by atoms with van der Waals surface area (Å²) >= 11 is 3.56. The van der Waals surface area contributed by atoms with Gasteiger partial charge in [-0.15, -0.1) is 0 Å². The number of rotatable bonds is 6. The van der Waals surface area contributed by atoms with Crippen LogP contribution < -0.4 is 4.74 Å². The molecule has 1 N–H and O–H groups in total. The van der Waals surface area contributed by atoms with Gasteiger partial charge in [-0.3, -0.25) is 0 Å². The van der Waals surface area contributed by atoms with Crippen molar-refractivity contribution in [2.24, 2.45) is 5.92 Å². The zero-order chi connectivity index (χ0) is 14.4. The minimum absolute atomic E-state index is 0.334. The van der Waals surface area contributed by atoms with E-state index in [4.69, 9.17) is 9.84 Å². The first-order chi connectivity index (χ1) is 9.70. The topological polar surface area (TPSA) is 29.5 Å². The van der Waals surface area contributed by atoms with Crippen LogP contribution in [0.5, 0.6) is 5.75 Å². The van der Waals surface area contributed by atoms with E-state index in [0.717, 1.165) is 41.8 Å². The van der Waals surface area contributed by atoms with Crippen LogP contribution in [0.25, 0.3) is 0 Å². The Kier molecular flexibility index (Phi) is 6.37. The quantitative estimate of drug-likeness (QED) is 0.749. The van der Waals surface area contributed by atoms with E-state index in [1.807, 2.05) is 6.07 Å². The van der Waals surface area contributed by atoms with Gasteiger partial charge in [-0.1, -0.05) is 34.8 Å². The molecule has 1 aliphatic rings. The van der Waals surface area contributed by atoms with E-state index in [1.165, 1.54) is 24.8 Å². The molecule has 0 aromatic heterocycles. The summed E-state index contributed by atoms with van der Waals surface area (Å²) in [5.74, 6) is 1.85. The number of ether oxygens (including phenoxy) is 1. The molecule has 0 radical (unpaired) electrons. The highest BCUT2D eigenvalue weighted by atomic mass is 79.9. The molecule has 0 spiro atoms. The first-order valence-electron chi connectivity index (χ1n) is 7.73. The molecule has 1 aromatic rings. The molecule has 2 rings (SSSR count). The Morgan fingerprint density at radius 1 is 1.20 bits per heavy atom. The van der Waals surface area contributed by atoms with Gasteiger partial charge in [0.05, 0.1) is 6.10 Å². The highest BCUT2D eigenvalue weighted by Gasteiger charge is 2.22. The van der Waals surface area contributed by atoms with Crippen LogP contribution in [0.3, 0.4) is 0 Å². The van der Waals surface area contributed by atoms with Gasteiger partial charge < -0.3 is 9.84 Å². The predicted octanol–water partition coefficient (Wildman–Crippen LogP) is 4.86. The number of halogens is 1. The molecule has 112 valence electrons. The monoisotopic (exact) mass is 340 g/mol. The van der Waals surface area contributed by atoms with E-state index in [2.05, 4.69) is 35.0 Å². The molecular weight excluding hydrogens is 316 g/mol. The third-order valence-electron chi connectivity index (χ3n) is 4.33. The van der Waals surface area contributed by atoms with Crippen molar-refractivity contribution >= 4 is 15.9 Å². The molecule has 1 aromatic carbocycles. The largest absolute Gasteiger partial charge is 0.490 e. The van der Waals surface area contributed by atoms with Crippen LogP contribution in [0.2, 0.25) is 0 Å². The third-order valence-corrected chi connectivity index (χ3v) is 5.18. The molecule has 0 heterocycles. The van der Waals surface area contributed by atoms with Gasteiger partial charge in [0.15, 0.2) is 0 Å². The number of hydrogen-bond donors (Lipinski definition) is 1. The van der Waals surface area contributed by atoms with Crippen molar-refractivity contribution in [3.05, 3.63) is 28.2 Å². The van der Waals surface area contributed by atoms with Gasteiger partial charge in [-0.25, -0.2) is 0 Å². The molecule has 0 aliphatic heterocycles. The van der Waals surface area contributed by atoms with Gasteiger partial charge in [0.2, 0.25) is 0 Å². The fourth-order valence-corrected chi connectivity index (χ4v) is 3.33. The maximum atomic E-state index is 8.83. The zero-order valence-corrected chi connectivity index (χ0v) is 13.9. The summed E-state index contributed by atoms with van der Waals surface area (Å²) in [5.41, 5.74) is 1.19. The smallest absolute Gasteiger partial charge is 0.123 e. The van der Waals surface area contributed by atoms with Crippen molar-refractivity contribution < 1.29 is 9.84 Å². The number of unbranched alkanes of at least 4 members (excludes halogenated alkanes) is 1. The zero-order valence-electron chi connectivity index (χ0n) is 12.3. The molecule has 0 amide bonds. The fourth-order valence-electron chi connectivity index (χ4n) is 2.98. The summed E-state index contributed by atoms with van der Waals surface area (Å²) in [4.78, 5) is 0. The lowest BCUT2D eigenvalue weighted by Crippen LogP contribution is -2.24. The Labute approximate surface area is 130 Å². The number of aliphatic hydroxyl groups excluding tert-OH is 1. The van der Waals surface area contributed by atoms with Gasteiger partial charge in [-0.05, 0) is 57.1 Å². The van der Waals surface area contributed by atoms with Crippen LogP contribution in [0.4, 0.5) is 0 Å². The average Bonchev–Trinajstić information content (AvgIpc) is 2.46. The molecule has 2 nitrogen and oxygen atoms in total. The minimum atomic E-state index is 0.334. The third kappa shape index (κ3) is 4.49. The van der Waals surface area contributed by atoms with Crippen LogP contribution in [-0.4, -0.2) is 17.8 Å². The Morgan fingerprint density at radius 2 is 1.95 bits per heavy atom. The summed E-state index contributed by atoms with van der Waals surface area (Å²) in [5, 5.41) is 8.83. The van der Waals surface area contributed by atoms with Crippen LogP contribution in [0.1, 0.15) is 50.5 Å². The fraction of sp³-hybridized carbons (Fsp3) is 0.647. The van der Waals surface area contributed by atoms with Gasteiger partial charge in [0.25, 0.3) is 0 Å². The first-order valence-corrected chi connectivity index (χ1v) is 8.52. The summed E-state index contributed by atoms with van der Waals surface area (Å²) in [6.45, 7) is 2.43. The van der Waals surface area contributed by atoms with Crippen LogP contribution in [0, 0.1) is 12.8 Å². The highest BCUT2D eigenvalue weighted by molar-refractivity contribution is 9.10. The van der Waals surface area contributed by atoms with Crippen molar-refractivity contribution in [1.82, 2.24) is 0 Å². The Hall–Kier alpha value is -0.540. The SMILES string of the molecule is Cc1c(Br)cccc1O[C@H]1CC[C@H](CCCCO)CC1. The second-order valence-electron chi connectivity index (χ2n) is 5.84. The second-order valence-corrected chi connectivity index (χ2v) is 6.70. The normalized spacial score (nSPS) is 22.8. The van der Waals surface area contributed by atoms with Gasteiger partial charge in [0.1, 0.15) is 5.75 Å². The molecule has 0 saturated heterocycles. The summed E-state index contributed by atoms with van der Waals surface area (Å²) < 4.78 is 7.29. The molecule has 3 heteroatoms. The molecule has 1 fully saturated rings. The standard InChI is InChI=1S/C17H25BrO2/c1-13-16(18)6-4-7-17(13)20-15-10-8-14(9-11-15)5-2-3-12-19/h4,6-7,14-15,19H,2-3,5,8-12H2,1H3/t14-,15-. The molecule has 0 atom stereocenters. The number of hydrogen-bond acceptors (Lipinski definition) is 2. The molecule has 0 unspecified atom stereocenters. The van der Waals surface area contributed by atoms with E-state index in [1.54, 1.807) is 0 Å². The van der Waals surface area contributed by atoms with Crippen molar-refractivity contribution in [3.63, 3.8) is 0 Å². The van der Waals surface area contributed by atoms with Crippen LogP contribution in [-0.2, 0) is 0 Å². The van der Waals surface area contributed by atoms with E-state index in [9.17, 15) is 0 Å². The van der Waals surface area contributed by atoms with Gasteiger partial charge >= 0.3 is 0 Å². The summed E-state index contributed by atoms with van der Waals surface area (Å²) in [6, 6.07) is 6.15. The predicted molar refractivity (Wildman–Crippen MR) is 86.2 cm³/mol. The van der Waals surface area contributed by atoms with Crippen molar-refractivity contribution in [3.8, 4) is 5.75 Å². The van der Waals surface area contributed by atoms with Crippen LogP contribution >= 0.6 is 15.9 Å². The second kappa shape index (κ2) is 8.04. The lowest BCUT2D eigenvalue weighted by Gasteiger charge is -2.29. The highest BCUT2D eigenvalue weighted by Crippen LogP contribution is 2.33. The minimum Gasteiger partial charge on any atom is -0.490 e.